The predicted molar refractivity (Wildman–Crippen MR) is 72.5 cm³/mol. The van der Waals surface area contributed by atoms with Gasteiger partial charge in [-0.2, -0.15) is 0 Å². The van der Waals surface area contributed by atoms with Gasteiger partial charge >= 0.3 is 0 Å². The van der Waals surface area contributed by atoms with Gasteiger partial charge in [0.05, 0.1) is 19.8 Å². The fraction of sp³-hybridized carbons (Fsp3) is 0.600. The van der Waals surface area contributed by atoms with Gasteiger partial charge in [-0.25, -0.2) is 0 Å². The molecule has 0 heterocycles. The minimum atomic E-state index is -1.06. The summed E-state index contributed by atoms with van der Waals surface area (Å²) in [6.07, 6.45) is 3.30. The molecule has 4 nitrogen and oxygen atoms in total. The SMILES string of the molecule is COc1ccc(OC)c(C(O)C2(O)CCCCC2)c1. The molecule has 1 unspecified atom stereocenters. The summed E-state index contributed by atoms with van der Waals surface area (Å²) >= 11 is 0. The van der Waals surface area contributed by atoms with Gasteiger partial charge < -0.3 is 19.7 Å². The van der Waals surface area contributed by atoms with Gasteiger partial charge in [0.2, 0.25) is 0 Å². The molecular weight excluding hydrogens is 244 g/mol. The molecule has 1 aromatic rings. The van der Waals surface area contributed by atoms with E-state index in [2.05, 4.69) is 0 Å². The molecule has 2 rings (SSSR count). The van der Waals surface area contributed by atoms with Gasteiger partial charge in [0.1, 0.15) is 17.6 Å². The van der Waals surface area contributed by atoms with Crippen molar-refractivity contribution in [2.45, 2.75) is 43.8 Å². The zero-order valence-electron chi connectivity index (χ0n) is 11.6. The maximum absolute atomic E-state index is 10.6. The molecule has 106 valence electrons. The smallest absolute Gasteiger partial charge is 0.125 e. The number of rotatable bonds is 4. The maximum atomic E-state index is 10.6. The lowest BCUT2D eigenvalue weighted by Crippen LogP contribution is -2.38. The maximum Gasteiger partial charge on any atom is 0.125 e. The number of methoxy groups -OCH3 is 2. The van der Waals surface area contributed by atoms with Gasteiger partial charge in [0.15, 0.2) is 0 Å². The average Bonchev–Trinajstić information content (AvgIpc) is 2.46. The first-order valence-corrected chi connectivity index (χ1v) is 6.73. The predicted octanol–water partition coefficient (Wildman–Crippen LogP) is 2.43. The highest BCUT2D eigenvalue weighted by Crippen LogP contribution is 2.42. The van der Waals surface area contributed by atoms with E-state index in [4.69, 9.17) is 9.47 Å². The number of hydrogen-bond donors (Lipinski definition) is 2. The number of aliphatic hydroxyl groups is 2. The Kier molecular flexibility index (Phi) is 4.32. The van der Waals surface area contributed by atoms with E-state index in [1.807, 2.05) is 0 Å². The van der Waals surface area contributed by atoms with E-state index in [1.54, 1.807) is 32.4 Å². The van der Waals surface area contributed by atoms with Crippen molar-refractivity contribution < 1.29 is 19.7 Å². The molecule has 0 aromatic heterocycles. The molecule has 0 bridgehead atoms. The number of hydrogen-bond acceptors (Lipinski definition) is 4. The minimum Gasteiger partial charge on any atom is -0.497 e. The lowest BCUT2D eigenvalue weighted by molar-refractivity contribution is -0.0998. The Morgan fingerprint density at radius 2 is 1.79 bits per heavy atom. The van der Waals surface area contributed by atoms with Crippen molar-refractivity contribution in [3.05, 3.63) is 23.8 Å². The van der Waals surface area contributed by atoms with Crippen molar-refractivity contribution in [1.29, 1.82) is 0 Å². The summed E-state index contributed by atoms with van der Waals surface area (Å²) in [7, 11) is 3.14. The molecule has 0 radical (unpaired) electrons. The second-order valence-electron chi connectivity index (χ2n) is 5.17. The Bertz CT molecular complexity index is 424. The first-order chi connectivity index (χ1) is 9.10. The van der Waals surface area contributed by atoms with Gasteiger partial charge in [-0.1, -0.05) is 19.3 Å². The zero-order valence-corrected chi connectivity index (χ0v) is 11.6. The van der Waals surface area contributed by atoms with Crippen LogP contribution < -0.4 is 9.47 Å². The van der Waals surface area contributed by atoms with Crippen LogP contribution in [-0.2, 0) is 0 Å². The molecular formula is C15H22O4. The zero-order chi connectivity index (χ0) is 13.9. The highest BCUT2D eigenvalue weighted by molar-refractivity contribution is 5.42. The Morgan fingerprint density at radius 3 is 2.37 bits per heavy atom. The molecule has 19 heavy (non-hydrogen) atoms. The molecule has 0 saturated heterocycles. The molecule has 0 aliphatic heterocycles. The van der Waals surface area contributed by atoms with E-state index in [9.17, 15) is 10.2 Å². The van der Waals surface area contributed by atoms with Crippen LogP contribution in [0.1, 0.15) is 43.8 Å². The standard InChI is InChI=1S/C15H22O4/c1-18-11-6-7-13(19-2)12(10-11)14(16)15(17)8-4-3-5-9-15/h6-7,10,14,16-17H,3-5,8-9H2,1-2H3. The fourth-order valence-corrected chi connectivity index (χ4v) is 2.78. The van der Waals surface area contributed by atoms with Crippen molar-refractivity contribution in [1.82, 2.24) is 0 Å². The summed E-state index contributed by atoms with van der Waals surface area (Å²) in [4.78, 5) is 0. The fourth-order valence-electron chi connectivity index (χ4n) is 2.78. The molecule has 1 fully saturated rings. The third kappa shape index (κ3) is 2.85. The van der Waals surface area contributed by atoms with E-state index < -0.39 is 11.7 Å². The van der Waals surface area contributed by atoms with Crippen LogP contribution >= 0.6 is 0 Å². The third-order valence-corrected chi connectivity index (χ3v) is 3.96. The molecule has 1 aliphatic carbocycles. The lowest BCUT2D eigenvalue weighted by Gasteiger charge is -2.37. The van der Waals surface area contributed by atoms with Gasteiger partial charge in [0, 0.05) is 5.56 Å². The van der Waals surface area contributed by atoms with Gasteiger partial charge in [0.25, 0.3) is 0 Å². The van der Waals surface area contributed by atoms with Crippen molar-refractivity contribution in [3.8, 4) is 11.5 Å². The molecule has 2 N–H and O–H groups in total. The quantitative estimate of drug-likeness (QED) is 0.878. The molecule has 0 amide bonds. The topological polar surface area (TPSA) is 58.9 Å². The van der Waals surface area contributed by atoms with Crippen molar-refractivity contribution >= 4 is 0 Å². The van der Waals surface area contributed by atoms with Crippen LogP contribution in [0, 0.1) is 0 Å². The van der Waals surface area contributed by atoms with Crippen LogP contribution in [-0.4, -0.2) is 30.0 Å². The normalized spacial score (nSPS) is 19.8. The summed E-state index contributed by atoms with van der Waals surface area (Å²) in [5, 5.41) is 21.2. The summed E-state index contributed by atoms with van der Waals surface area (Å²) in [6, 6.07) is 5.26. The molecule has 1 saturated carbocycles. The van der Waals surface area contributed by atoms with E-state index >= 15 is 0 Å². The Labute approximate surface area is 114 Å². The third-order valence-electron chi connectivity index (χ3n) is 3.96. The van der Waals surface area contributed by atoms with E-state index in [0.717, 1.165) is 19.3 Å². The monoisotopic (exact) mass is 266 g/mol. The molecule has 0 spiro atoms. The number of ether oxygens (including phenoxy) is 2. The summed E-state index contributed by atoms with van der Waals surface area (Å²) in [6.45, 7) is 0. The van der Waals surface area contributed by atoms with Gasteiger partial charge in [-0.15, -0.1) is 0 Å². The van der Waals surface area contributed by atoms with Gasteiger partial charge in [-0.05, 0) is 31.0 Å². The summed E-state index contributed by atoms with van der Waals surface area (Å²) in [5.41, 5.74) is -0.469. The van der Waals surface area contributed by atoms with Crippen LogP contribution in [0.25, 0.3) is 0 Å². The lowest BCUT2D eigenvalue weighted by atomic mass is 9.78. The first-order valence-electron chi connectivity index (χ1n) is 6.73. The van der Waals surface area contributed by atoms with E-state index in [-0.39, 0.29) is 0 Å². The van der Waals surface area contributed by atoms with Crippen LogP contribution in [0.5, 0.6) is 11.5 Å². The Balaban J connectivity index is 2.33. The molecule has 4 heteroatoms. The van der Waals surface area contributed by atoms with Crippen LogP contribution in [0.15, 0.2) is 18.2 Å². The molecule has 1 atom stereocenters. The van der Waals surface area contributed by atoms with Crippen LogP contribution in [0.2, 0.25) is 0 Å². The van der Waals surface area contributed by atoms with Crippen molar-refractivity contribution in [2.24, 2.45) is 0 Å². The highest BCUT2D eigenvalue weighted by atomic mass is 16.5. The van der Waals surface area contributed by atoms with Crippen LogP contribution in [0.4, 0.5) is 0 Å². The second kappa shape index (κ2) is 5.80. The van der Waals surface area contributed by atoms with Crippen LogP contribution in [0.3, 0.4) is 0 Å². The minimum absolute atomic E-state index is 0.576. The molecule has 1 aliphatic rings. The Hall–Kier alpha value is -1.26. The van der Waals surface area contributed by atoms with Gasteiger partial charge in [-0.3, -0.25) is 0 Å². The largest absolute Gasteiger partial charge is 0.497 e. The highest BCUT2D eigenvalue weighted by Gasteiger charge is 2.39. The Morgan fingerprint density at radius 1 is 1.11 bits per heavy atom. The van der Waals surface area contributed by atoms with Crippen molar-refractivity contribution in [3.63, 3.8) is 0 Å². The second-order valence-corrected chi connectivity index (χ2v) is 5.17. The number of aliphatic hydroxyl groups excluding tert-OH is 1. The number of benzene rings is 1. The first kappa shape index (κ1) is 14.2. The molecule has 1 aromatic carbocycles. The summed E-state index contributed by atoms with van der Waals surface area (Å²) < 4.78 is 10.5. The van der Waals surface area contributed by atoms with Crippen molar-refractivity contribution in [2.75, 3.05) is 14.2 Å². The summed E-state index contributed by atoms with van der Waals surface area (Å²) in [5.74, 6) is 1.22. The van der Waals surface area contributed by atoms with E-state index in [0.29, 0.717) is 29.9 Å². The average molecular weight is 266 g/mol. The van der Waals surface area contributed by atoms with E-state index in [1.165, 1.54) is 0 Å².